The molecule has 2 amide bonds. The molecule has 2 aromatic carbocycles. The number of aryl methyl sites for hydroxylation is 1. The first-order chi connectivity index (χ1) is 17.8. The highest BCUT2D eigenvalue weighted by molar-refractivity contribution is 5.94. The average molecular weight is 508 g/mol. The number of amides is 2. The van der Waals surface area contributed by atoms with Crippen molar-refractivity contribution in [1.29, 1.82) is 0 Å². The van der Waals surface area contributed by atoms with Gasteiger partial charge in [-0.2, -0.15) is 0 Å². The van der Waals surface area contributed by atoms with E-state index in [9.17, 15) is 9.59 Å². The summed E-state index contributed by atoms with van der Waals surface area (Å²) in [6.45, 7) is 8.77. The van der Waals surface area contributed by atoms with Crippen molar-refractivity contribution in [2.24, 2.45) is 5.92 Å². The van der Waals surface area contributed by atoms with E-state index in [1.807, 2.05) is 36.2 Å². The summed E-state index contributed by atoms with van der Waals surface area (Å²) in [5.74, 6) is 0.236. The van der Waals surface area contributed by atoms with E-state index in [0.717, 1.165) is 68.8 Å². The number of benzene rings is 2. The molecular weight excluding hydrogens is 466 g/mol. The zero-order valence-corrected chi connectivity index (χ0v) is 22.3. The van der Waals surface area contributed by atoms with Gasteiger partial charge in [-0.15, -0.1) is 0 Å². The topological polar surface area (TPSA) is 96.9 Å². The molecular formula is C29H41N5O3. The van der Waals surface area contributed by atoms with Crippen LogP contribution in [0.1, 0.15) is 49.3 Å². The van der Waals surface area contributed by atoms with Crippen LogP contribution in [0.2, 0.25) is 0 Å². The maximum absolute atomic E-state index is 13.3. The molecule has 1 atom stereocenters. The third kappa shape index (κ3) is 7.46. The molecule has 4 rings (SSSR count). The minimum atomic E-state index is -1.03. The normalized spacial score (nSPS) is 22.3. The Labute approximate surface area is 220 Å². The van der Waals surface area contributed by atoms with Crippen LogP contribution in [0.4, 0.5) is 16.2 Å². The number of piperazine rings is 1. The molecule has 1 saturated carbocycles. The van der Waals surface area contributed by atoms with Crippen LogP contribution in [-0.2, 0) is 17.9 Å². The molecule has 1 aliphatic carbocycles. The van der Waals surface area contributed by atoms with Crippen molar-refractivity contribution >= 4 is 23.4 Å². The number of nitrogens with zero attached hydrogens (tertiary/aromatic N) is 2. The average Bonchev–Trinajstić information content (AvgIpc) is 2.88. The van der Waals surface area contributed by atoms with Crippen molar-refractivity contribution in [3.8, 4) is 0 Å². The maximum Gasteiger partial charge on any atom is 0.404 e. The van der Waals surface area contributed by atoms with Crippen molar-refractivity contribution in [3.63, 3.8) is 0 Å². The largest absolute Gasteiger partial charge is 0.465 e. The zero-order chi connectivity index (χ0) is 26.4. The number of carbonyl (C=O) groups is 2. The number of hydrogen-bond acceptors (Lipinski definition) is 5. The Hall–Kier alpha value is -3.10. The number of carbonyl (C=O) groups excluding carboxylic acids is 1. The molecule has 0 unspecified atom stereocenters. The monoisotopic (exact) mass is 507 g/mol. The minimum Gasteiger partial charge on any atom is -0.465 e. The summed E-state index contributed by atoms with van der Waals surface area (Å²) in [5, 5.41) is 18.3. The summed E-state index contributed by atoms with van der Waals surface area (Å²) in [4.78, 5) is 28.4. The Balaban J connectivity index is 1.28. The van der Waals surface area contributed by atoms with Gasteiger partial charge in [0.15, 0.2) is 0 Å². The van der Waals surface area contributed by atoms with Gasteiger partial charge in [-0.3, -0.25) is 9.69 Å². The molecule has 1 aliphatic heterocycles. The fourth-order valence-electron chi connectivity index (χ4n) is 5.53. The van der Waals surface area contributed by atoms with E-state index in [0.29, 0.717) is 12.1 Å². The van der Waals surface area contributed by atoms with E-state index >= 15 is 0 Å². The van der Waals surface area contributed by atoms with Crippen molar-refractivity contribution in [1.82, 2.24) is 15.5 Å². The van der Waals surface area contributed by atoms with Gasteiger partial charge in [-0.05, 0) is 80.5 Å². The van der Waals surface area contributed by atoms with Crippen LogP contribution in [0.25, 0.3) is 0 Å². The number of hydrogen-bond donors (Lipinski definition) is 4. The lowest BCUT2D eigenvalue weighted by atomic mass is 9.85. The van der Waals surface area contributed by atoms with Crippen molar-refractivity contribution in [2.75, 3.05) is 36.9 Å². The van der Waals surface area contributed by atoms with Gasteiger partial charge in [0.1, 0.15) is 0 Å². The third-order valence-corrected chi connectivity index (χ3v) is 7.71. The van der Waals surface area contributed by atoms with Gasteiger partial charge >= 0.3 is 6.09 Å². The van der Waals surface area contributed by atoms with Crippen LogP contribution >= 0.6 is 0 Å². The predicted molar refractivity (Wildman–Crippen MR) is 148 cm³/mol. The minimum absolute atomic E-state index is 0.0384. The fourth-order valence-corrected chi connectivity index (χ4v) is 5.53. The number of nitrogens with one attached hydrogen (secondary N) is 3. The van der Waals surface area contributed by atoms with Crippen molar-refractivity contribution in [3.05, 3.63) is 59.2 Å². The molecule has 2 fully saturated rings. The summed E-state index contributed by atoms with van der Waals surface area (Å²) in [7, 11) is 1.90. The van der Waals surface area contributed by atoms with E-state index in [-0.39, 0.29) is 18.4 Å². The highest BCUT2D eigenvalue weighted by atomic mass is 16.4. The molecule has 37 heavy (non-hydrogen) atoms. The lowest BCUT2D eigenvalue weighted by Gasteiger charge is -2.33. The summed E-state index contributed by atoms with van der Waals surface area (Å²) in [5.41, 5.74) is 5.43. The second kappa shape index (κ2) is 12.4. The van der Waals surface area contributed by atoms with Crippen LogP contribution in [0, 0.1) is 12.8 Å². The van der Waals surface area contributed by atoms with Gasteiger partial charge in [-0.25, -0.2) is 4.79 Å². The third-order valence-electron chi connectivity index (χ3n) is 7.71. The summed E-state index contributed by atoms with van der Waals surface area (Å²) in [6, 6.07) is 15.1. The lowest BCUT2D eigenvalue weighted by Crippen LogP contribution is -2.48. The van der Waals surface area contributed by atoms with Crippen LogP contribution in [0.3, 0.4) is 0 Å². The van der Waals surface area contributed by atoms with Crippen LogP contribution in [0.5, 0.6) is 0 Å². The Morgan fingerprint density at radius 1 is 1.14 bits per heavy atom. The van der Waals surface area contributed by atoms with E-state index in [4.69, 9.17) is 5.11 Å². The van der Waals surface area contributed by atoms with Crippen molar-refractivity contribution < 1.29 is 14.7 Å². The van der Waals surface area contributed by atoms with Crippen LogP contribution in [0.15, 0.2) is 42.5 Å². The Bertz CT molecular complexity index is 1080. The molecule has 2 aromatic rings. The highest BCUT2D eigenvalue weighted by Crippen LogP contribution is 2.30. The second-order valence-corrected chi connectivity index (χ2v) is 10.7. The van der Waals surface area contributed by atoms with Gasteiger partial charge < -0.3 is 26.0 Å². The maximum atomic E-state index is 13.3. The molecule has 8 heteroatoms. The highest BCUT2D eigenvalue weighted by Gasteiger charge is 2.29. The molecule has 2 aliphatic rings. The number of anilines is 2. The second-order valence-electron chi connectivity index (χ2n) is 10.7. The standard InChI is InChI=1S/C29H41N5O3/c1-20-15-27(12-9-24(20)19-34-14-13-30-21(2)18-34)33(3)28(35)23-7-10-25(11-8-23)32-26-6-4-5-22(16-26)17-31-29(36)37/h4-6,9,12,15-16,21,23,25,30-32H,7-8,10-11,13-14,17-19H2,1-3H3,(H,36,37)/t21-,23?,25?/m0/s1. The van der Waals surface area contributed by atoms with Crippen LogP contribution in [-0.4, -0.2) is 60.8 Å². The van der Waals surface area contributed by atoms with E-state index in [1.54, 1.807) is 0 Å². The summed E-state index contributed by atoms with van der Waals surface area (Å²) < 4.78 is 0. The molecule has 4 N–H and O–H groups in total. The molecule has 0 bridgehead atoms. The van der Waals surface area contributed by atoms with E-state index < -0.39 is 6.09 Å². The molecule has 0 aromatic heterocycles. The Kier molecular flexibility index (Phi) is 9.05. The molecule has 1 saturated heterocycles. The van der Waals surface area contributed by atoms with E-state index in [2.05, 4.69) is 52.9 Å². The SMILES string of the molecule is Cc1cc(N(C)C(=O)C2CCC(Nc3cccc(CNC(=O)O)c3)CC2)ccc1CN1CCN[C@@H](C)C1. The quantitative estimate of drug-likeness (QED) is 0.428. The number of rotatable bonds is 8. The first kappa shape index (κ1) is 26.9. The van der Waals surface area contributed by atoms with Gasteiger partial charge in [0.2, 0.25) is 5.91 Å². The molecule has 0 radical (unpaired) electrons. The zero-order valence-electron chi connectivity index (χ0n) is 22.3. The van der Waals surface area contributed by atoms with Gasteiger partial charge in [0, 0.05) is 69.1 Å². The Morgan fingerprint density at radius 3 is 2.62 bits per heavy atom. The van der Waals surface area contributed by atoms with Gasteiger partial charge in [0.25, 0.3) is 0 Å². The molecule has 8 nitrogen and oxygen atoms in total. The first-order valence-corrected chi connectivity index (χ1v) is 13.4. The van der Waals surface area contributed by atoms with Gasteiger partial charge in [-0.1, -0.05) is 18.2 Å². The lowest BCUT2D eigenvalue weighted by molar-refractivity contribution is -0.123. The smallest absolute Gasteiger partial charge is 0.404 e. The van der Waals surface area contributed by atoms with E-state index in [1.165, 1.54) is 11.1 Å². The number of carboxylic acid groups (broad SMARTS) is 1. The summed E-state index contributed by atoms with van der Waals surface area (Å²) in [6.07, 6.45) is 2.56. The van der Waals surface area contributed by atoms with Gasteiger partial charge in [0.05, 0.1) is 0 Å². The first-order valence-electron chi connectivity index (χ1n) is 13.4. The van der Waals surface area contributed by atoms with Crippen LogP contribution < -0.4 is 20.9 Å². The van der Waals surface area contributed by atoms with Crippen molar-refractivity contribution in [2.45, 2.75) is 64.7 Å². The summed E-state index contributed by atoms with van der Waals surface area (Å²) >= 11 is 0. The Morgan fingerprint density at radius 2 is 1.92 bits per heavy atom. The molecule has 0 spiro atoms. The fraction of sp³-hybridized carbons (Fsp3) is 0.517. The predicted octanol–water partition coefficient (Wildman–Crippen LogP) is 4.19. The molecule has 1 heterocycles. The molecule has 200 valence electrons.